The predicted molar refractivity (Wildman–Crippen MR) is 27.9 cm³/mol. The van der Waals surface area contributed by atoms with Crippen LogP contribution in [0.4, 0.5) is 0 Å². The van der Waals surface area contributed by atoms with Gasteiger partial charge in [0.25, 0.3) is 0 Å². The fourth-order valence-electron chi connectivity index (χ4n) is 0.0786. The minimum absolute atomic E-state index is 0. The Morgan fingerprint density at radius 1 is 0.929 bits per heavy atom. The molecule has 0 heterocycles. The molecule has 0 rings (SSSR count). The summed E-state index contributed by atoms with van der Waals surface area (Å²) in [6, 6.07) is 0. The molecule has 0 aromatic rings. The average molecular weight is 300 g/mol. The Morgan fingerprint density at radius 2 is 1.14 bits per heavy atom. The molecule has 0 amide bonds. The Morgan fingerprint density at radius 3 is 1.14 bits per heavy atom. The van der Waals surface area contributed by atoms with E-state index in [0.717, 1.165) is 0 Å². The topological polar surface area (TPSA) is 133 Å². The van der Waals surface area contributed by atoms with Crippen molar-refractivity contribution < 1.29 is 114 Å². The summed E-state index contributed by atoms with van der Waals surface area (Å²) in [7, 11) is -6.32. The van der Waals surface area contributed by atoms with Crippen molar-refractivity contribution in [3.05, 3.63) is 0 Å². The van der Waals surface area contributed by atoms with E-state index in [9.17, 15) is 26.1 Å². The molecule has 64 valence electrons. The van der Waals surface area contributed by atoms with Crippen LogP contribution in [-0.4, -0.2) is 49.3 Å². The summed E-state index contributed by atoms with van der Waals surface area (Å²) in [5.41, 5.74) is 0. The van der Waals surface area contributed by atoms with Crippen LogP contribution < -0.4 is 90.5 Å². The second kappa shape index (κ2) is 20.9. The average Bonchev–Trinajstić information content (AvgIpc) is 1.87. The van der Waals surface area contributed by atoms with Gasteiger partial charge in [-0.3, -0.25) is 0 Å². The fraction of sp³-hybridized carbons (Fsp3) is 0. The first-order chi connectivity index (χ1) is 5.54. The molecular weight excluding hydrogens is 300 g/mol. The quantitative estimate of drug-likeness (QED) is 0.467. The molecule has 14 heteroatoms. The van der Waals surface area contributed by atoms with Gasteiger partial charge in [-0.15, -0.1) is 0 Å². The molecule has 0 atom stereocenters. The normalized spacial score (nSPS) is 5.14. The maximum absolute atomic E-state index is 9.27. The van der Waals surface area contributed by atoms with E-state index in [1.807, 2.05) is 0 Å². The van der Waals surface area contributed by atoms with Crippen molar-refractivity contribution in [2.75, 3.05) is 0 Å². The van der Waals surface area contributed by atoms with Gasteiger partial charge in [0.2, 0.25) is 0 Å². The summed E-state index contributed by atoms with van der Waals surface area (Å²) in [5, 5.41) is 0. The van der Waals surface area contributed by atoms with E-state index in [4.69, 9.17) is 0 Å². The fourth-order valence-corrected chi connectivity index (χ4v) is 0.707. The molecule has 0 radical (unpaired) electrons. The summed E-state index contributed by atoms with van der Waals surface area (Å²) in [4.78, 5) is 18.5. The van der Waals surface area contributed by atoms with E-state index in [2.05, 4.69) is 6.96 Å². The molecule has 0 aromatic heterocycles. The zero-order chi connectivity index (χ0) is 9.98. The molecule has 0 aliphatic carbocycles. The van der Waals surface area contributed by atoms with Crippen LogP contribution in [0.15, 0.2) is 0 Å². The van der Waals surface area contributed by atoms with Crippen LogP contribution in [0.25, 0.3) is 0 Å². The van der Waals surface area contributed by atoms with Crippen molar-refractivity contribution in [1.29, 1.82) is 0 Å². The third-order valence-electron chi connectivity index (χ3n) is 0.289. The van der Waals surface area contributed by atoms with Crippen molar-refractivity contribution in [2.45, 2.75) is 0 Å². The zero-order valence-corrected chi connectivity index (χ0v) is 16.9. The van der Waals surface area contributed by atoms with Crippen molar-refractivity contribution in [3.63, 3.8) is 0 Å². The third-order valence-corrected chi connectivity index (χ3v) is 2.60. The van der Waals surface area contributed by atoms with Gasteiger partial charge in [0.1, 0.15) is 0 Å². The van der Waals surface area contributed by atoms with Gasteiger partial charge in [0, 0.05) is 0 Å². The van der Waals surface area contributed by atoms with Crippen molar-refractivity contribution in [3.8, 4) is 0 Å². The molecule has 0 fully saturated rings. The van der Waals surface area contributed by atoms with Gasteiger partial charge >= 0.3 is 163 Å². The monoisotopic (exact) mass is 300 g/mol. The maximum atomic E-state index is 9.27. The van der Waals surface area contributed by atoms with E-state index >= 15 is 0 Å². The first kappa shape index (κ1) is 25.4. The van der Waals surface area contributed by atoms with Crippen LogP contribution in [0, 0.1) is 0 Å². The Labute approximate surface area is 160 Å². The molecular formula is Al2KNaO8Si2. The van der Waals surface area contributed by atoms with Crippen LogP contribution in [0.2, 0.25) is 0 Å². The van der Waals surface area contributed by atoms with Gasteiger partial charge in [-0.05, 0) is 0 Å². The summed E-state index contributed by atoms with van der Waals surface area (Å²) >= 11 is -3.15. The van der Waals surface area contributed by atoms with Gasteiger partial charge in [-0.1, -0.05) is 0 Å². The standard InChI is InChI=1S/2Al.K.Na.2O3Si.2O/c;;;;2*1-4(2)3;;/q4*+1;2*-2;;. The molecule has 0 spiro atoms. The molecule has 0 saturated carbocycles. The molecule has 0 aliphatic heterocycles. The van der Waals surface area contributed by atoms with Crippen molar-refractivity contribution >= 4 is 49.3 Å². The Kier molecular flexibility index (Phi) is 37.9. The van der Waals surface area contributed by atoms with Crippen LogP contribution in [0.5, 0.6) is 0 Å². The molecule has 8 nitrogen and oxygen atoms in total. The third kappa shape index (κ3) is 36.6. The molecule has 0 aromatic carbocycles. The van der Waals surface area contributed by atoms with Gasteiger partial charge in [0.05, 0.1) is 0 Å². The Hall–Kier alpha value is 2.54. The van der Waals surface area contributed by atoms with Gasteiger partial charge < -0.3 is 0 Å². The first-order valence-corrected chi connectivity index (χ1v) is 6.50. The second-order valence-electron chi connectivity index (χ2n) is 0.928. The van der Waals surface area contributed by atoms with E-state index in [-0.39, 0.29) is 80.9 Å². The molecule has 0 saturated heterocycles. The van der Waals surface area contributed by atoms with Crippen molar-refractivity contribution in [2.24, 2.45) is 0 Å². The molecule has 14 heavy (non-hydrogen) atoms. The van der Waals surface area contributed by atoms with E-state index in [1.54, 1.807) is 0 Å². The van der Waals surface area contributed by atoms with E-state index < -0.39 is 49.3 Å². The van der Waals surface area contributed by atoms with E-state index in [1.165, 1.54) is 0 Å². The molecule has 0 unspecified atom stereocenters. The predicted octanol–water partition coefficient (Wildman–Crippen LogP) is -10.5. The van der Waals surface area contributed by atoms with Crippen molar-refractivity contribution in [1.82, 2.24) is 0 Å². The van der Waals surface area contributed by atoms with Crippen LogP contribution in [0.3, 0.4) is 0 Å². The van der Waals surface area contributed by atoms with Gasteiger partial charge in [-0.2, -0.15) is 0 Å². The summed E-state index contributed by atoms with van der Waals surface area (Å²) in [5.74, 6) is 0. The Balaban J connectivity index is -0.0000000625. The Bertz CT molecular complexity index is 166. The first-order valence-electron chi connectivity index (χ1n) is 2.17. The summed E-state index contributed by atoms with van der Waals surface area (Å²) < 4.78 is 44.1. The molecule has 0 aliphatic rings. The van der Waals surface area contributed by atoms with Crippen LogP contribution in [0.1, 0.15) is 0 Å². The number of hydrogen-bond donors (Lipinski definition) is 0. The summed E-state index contributed by atoms with van der Waals surface area (Å²) in [6.45, 7) is 0. The molecule has 0 bridgehead atoms. The summed E-state index contributed by atoms with van der Waals surface area (Å²) in [6.07, 6.45) is 0. The van der Waals surface area contributed by atoms with Crippen LogP contribution in [-0.2, 0) is 23.5 Å². The zero-order valence-electron chi connectivity index (χ0n) is 7.42. The SMILES string of the molecule is [K+].[Na+].[O]=[Al][O][Si](=O)[O-].[O]=[Al][O][Si](=O)[O-]. The van der Waals surface area contributed by atoms with Gasteiger partial charge in [0.15, 0.2) is 0 Å². The molecule has 0 N–H and O–H groups in total. The van der Waals surface area contributed by atoms with E-state index in [0.29, 0.717) is 0 Å². The van der Waals surface area contributed by atoms with Gasteiger partial charge in [-0.25, -0.2) is 0 Å². The number of rotatable bonds is 4. The second-order valence-corrected chi connectivity index (χ2v) is 4.20. The van der Waals surface area contributed by atoms with Crippen LogP contribution >= 0.6 is 0 Å². The minimum atomic E-state index is -3.16. The number of hydrogen-bond acceptors (Lipinski definition) is 8.